The Kier molecular flexibility index (Phi) is 3.31. The Bertz CT molecular complexity index is 183. The molecule has 1 unspecified atom stereocenters. The van der Waals surface area contributed by atoms with Crippen LogP contribution in [0.15, 0.2) is 0 Å². The minimum Gasteiger partial charge on any atom is -0.465 e. The molecule has 0 aromatic carbocycles. The van der Waals surface area contributed by atoms with E-state index in [0.29, 0.717) is 12.5 Å². The summed E-state index contributed by atoms with van der Waals surface area (Å²) in [4.78, 5) is 11.5. The lowest BCUT2D eigenvalue weighted by Crippen LogP contribution is -2.51. The molecule has 1 aliphatic carbocycles. The van der Waals surface area contributed by atoms with Crippen molar-refractivity contribution in [2.75, 3.05) is 6.61 Å². The van der Waals surface area contributed by atoms with E-state index in [1.54, 1.807) is 6.92 Å². The van der Waals surface area contributed by atoms with E-state index >= 15 is 0 Å². The second-order valence-electron chi connectivity index (χ2n) is 3.98. The molecular weight excluding hydrogens is 166 g/mol. The van der Waals surface area contributed by atoms with E-state index in [-0.39, 0.29) is 5.97 Å². The summed E-state index contributed by atoms with van der Waals surface area (Å²) >= 11 is 0. The number of carbonyl (C=O) groups excluding carboxylic acids is 1. The molecule has 0 radical (unpaired) electrons. The molecule has 1 atom stereocenters. The van der Waals surface area contributed by atoms with E-state index in [1.807, 2.05) is 6.92 Å². The number of hydrogen-bond donors (Lipinski definition) is 1. The molecule has 0 spiro atoms. The quantitative estimate of drug-likeness (QED) is 0.677. The summed E-state index contributed by atoms with van der Waals surface area (Å²) in [6.07, 6.45) is 4.51. The lowest BCUT2D eigenvalue weighted by atomic mass is 9.85. The van der Waals surface area contributed by atoms with Gasteiger partial charge in [-0.25, -0.2) is 0 Å². The average Bonchev–Trinajstić information content (AvgIpc) is 2.56. The lowest BCUT2D eigenvalue weighted by molar-refractivity contribution is -0.151. The van der Waals surface area contributed by atoms with Crippen LogP contribution in [0.3, 0.4) is 0 Å². The molecule has 0 bridgehead atoms. The maximum Gasteiger partial charge on any atom is 0.326 e. The van der Waals surface area contributed by atoms with Crippen LogP contribution < -0.4 is 5.73 Å². The average molecular weight is 185 g/mol. The van der Waals surface area contributed by atoms with Crippen molar-refractivity contribution < 1.29 is 9.53 Å². The third kappa shape index (κ3) is 2.21. The number of carbonyl (C=O) groups is 1. The maximum absolute atomic E-state index is 11.5. The molecule has 0 aliphatic heterocycles. The summed E-state index contributed by atoms with van der Waals surface area (Å²) in [6.45, 7) is 4.02. The molecule has 0 amide bonds. The molecule has 1 aliphatic rings. The molecule has 0 aromatic heterocycles. The standard InChI is InChI=1S/C10H19NO2/c1-3-13-9(12)10(2,11)8-6-4-5-7-8/h8H,3-7,11H2,1-2H3. The van der Waals surface area contributed by atoms with Crippen molar-refractivity contribution in [3.8, 4) is 0 Å². The molecule has 0 aromatic rings. The molecule has 13 heavy (non-hydrogen) atoms. The lowest BCUT2D eigenvalue weighted by Gasteiger charge is -2.28. The number of esters is 1. The highest BCUT2D eigenvalue weighted by molar-refractivity contribution is 5.80. The minimum atomic E-state index is -0.771. The Hall–Kier alpha value is -0.570. The van der Waals surface area contributed by atoms with Gasteiger partial charge in [0.05, 0.1) is 6.61 Å². The van der Waals surface area contributed by atoms with Crippen molar-refractivity contribution in [1.29, 1.82) is 0 Å². The Morgan fingerprint density at radius 2 is 2.08 bits per heavy atom. The van der Waals surface area contributed by atoms with Gasteiger partial charge in [-0.2, -0.15) is 0 Å². The normalized spacial score (nSPS) is 22.7. The topological polar surface area (TPSA) is 52.3 Å². The SMILES string of the molecule is CCOC(=O)C(C)(N)C1CCCC1. The van der Waals surface area contributed by atoms with Gasteiger partial charge in [0.25, 0.3) is 0 Å². The molecule has 2 N–H and O–H groups in total. The Morgan fingerprint density at radius 3 is 2.54 bits per heavy atom. The second-order valence-corrected chi connectivity index (χ2v) is 3.98. The van der Waals surface area contributed by atoms with Gasteiger partial charge in [-0.3, -0.25) is 4.79 Å². The summed E-state index contributed by atoms with van der Waals surface area (Å²) in [5.41, 5.74) is 5.21. The van der Waals surface area contributed by atoms with E-state index < -0.39 is 5.54 Å². The highest BCUT2D eigenvalue weighted by Gasteiger charge is 2.39. The van der Waals surface area contributed by atoms with Crippen LogP contribution in [0.4, 0.5) is 0 Å². The first kappa shape index (κ1) is 10.5. The van der Waals surface area contributed by atoms with Crippen molar-refractivity contribution in [2.24, 2.45) is 11.7 Å². The van der Waals surface area contributed by atoms with Crippen molar-refractivity contribution in [3.63, 3.8) is 0 Å². The van der Waals surface area contributed by atoms with Crippen LogP contribution >= 0.6 is 0 Å². The number of hydrogen-bond acceptors (Lipinski definition) is 3. The summed E-state index contributed by atoms with van der Waals surface area (Å²) in [7, 11) is 0. The smallest absolute Gasteiger partial charge is 0.326 e. The molecule has 1 fully saturated rings. The van der Waals surface area contributed by atoms with Gasteiger partial charge < -0.3 is 10.5 Å². The summed E-state index contributed by atoms with van der Waals surface area (Å²) in [6, 6.07) is 0. The highest BCUT2D eigenvalue weighted by Crippen LogP contribution is 2.33. The zero-order chi connectivity index (χ0) is 9.90. The van der Waals surface area contributed by atoms with Gasteiger partial charge in [-0.15, -0.1) is 0 Å². The van der Waals surface area contributed by atoms with Gasteiger partial charge in [-0.05, 0) is 32.6 Å². The van der Waals surface area contributed by atoms with Gasteiger partial charge in [-0.1, -0.05) is 12.8 Å². The largest absolute Gasteiger partial charge is 0.465 e. The van der Waals surface area contributed by atoms with Crippen molar-refractivity contribution >= 4 is 5.97 Å². The van der Waals surface area contributed by atoms with Crippen LogP contribution in [0.5, 0.6) is 0 Å². The van der Waals surface area contributed by atoms with Gasteiger partial charge in [0.1, 0.15) is 5.54 Å². The molecule has 0 heterocycles. The van der Waals surface area contributed by atoms with Crippen LogP contribution in [0.25, 0.3) is 0 Å². The fourth-order valence-corrected chi connectivity index (χ4v) is 1.98. The first-order valence-corrected chi connectivity index (χ1v) is 5.05. The Morgan fingerprint density at radius 1 is 1.54 bits per heavy atom. The van der Waals surface area contributed by atoms with E-state index in [1.165, 1.54) is 12.8 Å². The third-order valence-electron chi connectivity index (χ3n) is 2.92. The summed E-state index contributed by atoms with van der Waals surface area (Å²) in [5, 5.41) is 0. The van der Waals surface area contributed by atoms with Gasteiger partial charge >= 0.3 is 5.97 Å². The monoisotopic (exact) mass is 185 g/mol. The van der Waals surface area contributed by atoms with E-state index in [4.69, 9.17) is 10.5 Å². The molecule has 76 valence electrons. The predicted octanol–water partition coefficient (Wildman–Crippen LogP) is 1.46. The maximum atomic E-state index is 11.5. The fourth-order valence-electron chi connectivity index (χ4n) is 1.98. The molecule has 1 rings (SSSR count). The molecule has 3 nitrogen and oxygen atoms in total. The molecule has 0 saturated heterocycles. The molecule has 3 heteroatoms. The van der Waals surface area contributed by atoms with E-state index in [2.05, 4.69) is 0 Å². The van der Waals surface area contributed by atoms with Gasteiger partial charge in [0.2, 0.25) is 0 Å². The van der Waals surface area contributed by atoms with Crippen LogP contribution in [-0.4, -0.2) is 18.1 Å². The van der Waals surface area contributed by atoms with Crippen molar-refractivity contribution in [2.45, 2.75) is 45.1 Å². The third-order valence-corrected chi connectivity index (χ3v) is 2.92. The van der Waals surface area contributed by atoms with Crippen molar-refractivity contribution in [1.82, 2.24) is 0 Å². The van der Waals surface area contributed by atoms with Gasteiger partial charge in [0.15, 0.2) is 0 Å². The van der Waals surface area contributed by atoms with Gasteiger partial charge in [0, 0.05) is 0 Å². The number of nitrogens with two attached hydrogens (primary N) is 1. The zero-order valence-corrected chi connectivity index (χ0v) is 8.51. The van der Waals surface area contributed by atoms with Crippen LogP contribution in [0, 0.1) is 5.92 Å². The van der Waals surface area contributed by atoms with Crippen LogP contribution in [0.1, 0.15) is 39.5 Å². The fraction of sp³-hybridized carbons (Fsp3) is 0.900. The Balaban J connectivity index is 2.57. The van der Waals surface area contributed by atoms with E-state index in [0.717, 1.165) is 12.8 Å². The summed E-state index contributed by atoms with van der Waals surface area (Å²) < 4.78 is 4.96. The van der Waals surface area contributed by atoms with Crippen molar-refractivity contribution in [3.05, 3.63) is 0 Å². The summed E-state index contributed by atoms with van der Waals surface area (Å²) in [5.74, 6) is 0.0634. The van der Waals surface area contributed by atoms with Crippen LogP contribution in [0.2, 0.25) is 0 Å². The van der Waals surface area contributed by atoms with E-state index in [9.17, 15) is 4.79 Å². The predicted molar refractivity (Wildman–Crippen MR) is 51.2 cm³/mol. The highest BCUT2D eigenvalue weighted by atomic mass is 16.5. The molecular formula is C10H19NO2. The number of rotatable bonds is 3. The second kappa shape index (κ2) is 4.09. The Labute approximate surface area is 79.6 Å². The van der Waals surface area contributed by atoms with Crippen LogP contribution in [-0.2, 0) is 9.53 Å². The first-order valence-electron chi connectivity index (χ1n) is 5.05. The minimum absolute atomic E-state index is 0.248. The first-order chi connectivity index (χ1) is 6.09. The number of ether oxygens (including phenoxy) is 1. The zero-order valence-electron chi connectivity index (χ0n) is 8.51. The molecule has 1 saturated carbocycles.